The average molecular weight is 319 g/mol. The summed E-state index contributed by atoms with van der Waals surface area (Å²) in [5, 5.41) is 7.38. The van der Waals surface area contributed by atoms with E-state index in [-0.39, 0.29) is 17.6 Å². The Bertz CT molecular complexity index is 781. The molecule has 1 aromatic carbocycles. The Morgan fingerprint density at radius 3 is 2.68 bits per heavy atom. The summed E-state index contributed by atoms with van der Waals surface area (Å²) < 4.78 is 26.4. The standard InChI is InChI=1S/C15H14FN3O2S/c16-10-3-5-11(6-4-10)19-14(17-15(20)9-1-2-9)12-7-22(21)8-13(12)18-19/h3-6,9H,1-2,7-8H2,(H,17,20)/t22-/m1/s1. The third kappa shape index (κ3) is 2.35. The minimum atomic E-state index is -0.964. The monoisotopic (exact) mass is 319 g/mol. The van der Waals surface area contributed by atoms with Crippen molar-refractivity contribution >= 4 is 22.5 Å². The van der Waals surface area contributed by atoms with E-state index in [1.54, 1.807) is 16.8 Å². The average Bonchev–Trinajstić information content (AvgIpc) is 3.21. The zero-order valence-electron chi connectivity index (χ0n) is 11.7. The molecule has 0 bridgehead atoms. The second-order valence-electron chi connectivity index (χ2n) is 5.65. The van der Waals surface area contributed by atoms with Crippen molar-refractivity contribution < 1.29 is 13.4 Å². The summed E-state index contributed by atoms with van der Waals surface area (Å²) in [7, 11) is -0.964. The molecule has 2 heterocycles. The Kier molecular flexibility index (Phi) is 3.11. The summed E-state index contributed by atoms with van der Waals surface area (Å²) in [5.41, 5.74) is 2.25. The van der Waals surface area contributed by atoms with Crippen molar-refractivity contribution in [2.24, 2.45) is 5.92 Å². The molecule has 2 aromatic rings. The number of nitrogens with zero attached hydrogens (tertiary/aromatic N) is 2. The molecule has 1 aromatic heterocycles. The highest BCUT2D eigenvalue weighted by Crippen LogP contribution is 2.34. The molecule has 2 aliphatic rings. The minimum Gasteiger partial charge on any atom is -0.310 e. The van der Waals surface area contributed by atoms with Gasteiger partial charge in [0.1, 0.15) is 11.6 Å². The van der Waals surface area contributed by atoms with E-state index < -0.39 is 10.8 Å². The Labute approximate surface area is 129 Å². The number of nitrogens with one attached hydrogen (secondary N) is 1. The first-order valence-corrected chi connectivity index (χ1v) is 8.63. The summed E-state index contributed by atoms with van der Waals surface area (Å²) in [6.07, 6.45) is 1.81. The van der Waals surface area contributed by atoms with Crippen LogP contribution in [-0.4, -0.2) is 19.9 Å². The highest BCUT2D eigenvalue weighted by molar-refractivity contribution is 7.83. The van der Waals surface area contributed by atoms with Crippen LogP contribution in [0.3, 0.4) is 0 Å². The molecule has 1 amide bonds. The largest absolute Gasteiger partial charge is 0.310 e. The van der Waals surface area contributed by atoms with Gasteiger partial charge in [0.05, 0.1) is 22.9 Å². The van der Waals surface area contributed by atoms with Gasteiger partial charge in [-0.15, -0.1) is 0 Å². The van der Waals surface area contributed by atoms with E-state index in [4.69, 9.17) is 0 Å². The van der Waals surface area contributed by atoms with Crippen molar-refractivity contribution in [3.63, 3.8) is 0 Å². The number of hydrogen-bond acceptors (Lipinski definition) is 3. The Morgan fingerprint density at radius 2 is 2.00 bits per heavy atom. The number of rotatable bonds is 3. The van der Waals surface area contributed by atoms with E-state index in [1.165, 1.54) is 12.1 Å². The Morgan fingerprint density at radius 1 is 1.27 bits per heavy atom. The van der Waals surface area contributed by atoms with Gasteiger partial charge in [-0.25, -0.2) is 9.07 Å². The zero-order chi connectivity index (χ0) is 15.3. The summed E-state index contributed by atoms with van der Waals surface area (Å²) >= 11 is 0. The van der Waals surface area contributed by atoms with Crippen LogP contribution in [-0.2, 0) is 27.1 Å². The number of aromatic nitrogens is 2. The molecule has 0 unspecified atom stereocenters. The van der Waals surface area contributed by atoms with Gasteiger partial charge in [-0.3, -0.25) is 9.00 Å². The van der Waals surface area contributed by atoms with Crippen LogP contribution in [0.25, 0.3) is 5.69 Å². The van der Waals surface area contributed by atoms with Gasteiger partial charge >= 0.3 is 0 Å². The number of fused-ring (bicyclic) bond motifs is 1. The van der Waals surface area contributed by atoms with Crippen molar-refractivity contribution in [3.05, 3.63) is 41.3 Å². The predicted molar refractivity (Wildman–Crippen MR) is 80.4 cm³/mol. The summed E-state index contributed by atoms with van der Waals surface area (Å²) in [6, 6.07) is 5.93. The van der Waals surface area contributed by atoms with Gasteiger partial charge in [0, 0.05) is 22.3 Å². The van der Waals surface area contributed by atoms with E-state index in [1.807, 2.05) is 0 Å². The fourth-order valence-corrected chi connectivity index (χ4v) is 3.85. The lowest BCUT2D eigenvalue weighted by Crippen LogP contribution is -2.17. The van der Waals surface area contributed by atoms with E-state index in [0.717, 1.165) is 24.1 Å². The first kappa shape index (κ1) is 13.6. The molecule has 0 saturated heterocycles. The lowest BCUT2D eigenvalue weighted by Gasteiger charge is -2.10. The number of benzene rings is 1. The van der Waals surface area contributed by atoms with Crippen LogP contribution >= 0.6 is 0 Å². The first-order chi connectivity index (χ1) is 10.6. The van der Waals surface area contributed by atoms with Crippen molar-refractivity contribution in [1.82, 2.24) is 9.78 Å². The molecular formula is C15H14FN3O2S. The molecule has 1 aliphatic heterocycles. The fraction of sp³-hybridized carbons (Fsp3) is 0.333. The topological polar surface area (TPSA) is 64.0 Å². The fourth-order valence-electron chi connectivity index (χ4n) is 2.59. The summed E-state index contributed by atoms with van der Waals surface area (Å²) in [5.74, 6) is 1.09. The van der Waals surface area contributed by atoms with Gasteiger partial charge in [0.25, 0.3) is 0 Å². The maximum absolute atomic E-state index is 13.1. The maximum atomic E-state index is 13.1. The third-order valence-corrected chi connectivity index (χ3v) is 5.14. The number of amides is 1. The van der Waals surface area contributed by atoms with Gasteiger partial charge in [-0.2, -0.15) is 5.10 Å². The first-order valence-electron chi connectivity index (χ1n) is 7.14. The summed E-state index contributed by atoms with van der Waals surface area (Å²) in [4.78, 5) is 12.1. The number of carbonyl (C=O) groups is 1. The quantitative estimate of drug-likeness (QED) is 0.942. The zero-order valence-corrected chi connectivity index (χ0v) is 12.5. The van der Waals surface area contributed by atoms with Crippen molar-refractivity contribution in [3.8, 4) is 5.69 Å². The van der Waals surface area contributed by atoms with Crippen LogP contribution in [0.5, 0.6) is 0 Å². The second kappa shape index (κ2) is 5.01. The third-order valence-electron chi connectivity index (χ3n) is 3.93. The van der Waals surface area contributed by atoms with Crippen LogP contribution in [0.15, 0.2) is 24.3 Å². The molecule has 114 valence electrons. The number of carbonyl (C=O) groups excluding carboxylic acids is 1. The summed E-state index contributed by atoms with van der Waals surface area (Å²) in [6.45, 7) is 0. The molecule has 4 rings (SSSR count). The molecular weight excluding hydrogens is 305 g/mol. The SMILES string of the molecule is O=C(Nc1c2c(nn1-c1ccc(F)cc1)C[S@](=O)C2)C1CC1. The van der Waals surface area contributed by atoms with Crippen molar-refractivity contribution in [2.75, 3.05) is 5.32 Å². The molecule has 7 heteroatoms. The normalized spacial score (nSPS) is 20.0. The van der Waals surface area contributed by atoms with E-state index in [9.17, 15) is 13.4 Å². The van der Waals surface area contributed by atoms with Crippen molar-refractivity contribution in [2.45, 2.75) is 24.3 Å². The molecule has 1 atom stereocenters. The van der Waals surface area contributed by atoms with Crippen molar-refractivity contribution in [1.29, 1.82) is 0 Å². The van der Waals surface area contributed by atoms with Gasteiger partial charge in [-0.05, 0) is 37.1 Å². The lowest BCUT2D eigenvalue weighted by atomic mass is 10.2. The minimum absolute atomic E-state index is 0.0243. The maximum Gasteiger partial charge on any atom is 0.228 e. The van der Waals surface area contributed by atoms with Crippen LogP contribution in [0.2, 0.25) is 0 Å². The smallest absolute Gasteiger partial charge is 0.228 e. The Balaban J connectivity index is 1.77. The van der Waals surface area contributed by atoms with E-state index in [0.29, 0.717) is 23.0 Å². The molecule has 5 nitrogen and oxygen atoms in total. The highest BCUT2D eigenvalue weighted by Gasteiger charge is 2.33. The van der Waals surface area contributed by atoms with Gasteiger partial charge in [0.2, 0.25) is 5.91 Å². The van der Waals surface area contributed by atoms with E-state index >= 15 is 0 Å². The van der Waals surface area contributed by atoms with Crippen LogP contribution in [0.4, 0.5) is 10.2 Å². The highest BCUT2D eigenvalue weighted by atomic mass is 32.2. The number of hydrogen-bond donors (Lipinski definition) is 1. The Hall–Kier alpha value is -2.02. The molecule has 1 saturated carbocycles. The number of halogens is 1. The second-order valence-corrected chi connectivity index (χ2v) is 7.11. The van der Waals surface area contributed by atoms with E-state index in [2.05, 4.69) is 10.4 Å². The predicted octanol–water partition coefficient (Wildman–Crippen LogP) is 2.12. The molecule has 22 heavy (non-hydrogen) atoms. The molecule has 0 radical (unpaired) electrons. The van der Waals surface area contributed by atoms with Gasteiger partial charge < -0.3 is 5.32 Å². The number of anilines is 1. The lowest BCUT2D eigenvalue weighted by molar-refractivity contribution is -0.117. The molecule has 0 spiro atoms. The van der Waals surface area contributed by atoms with Gasteiger partial charge in [-0.1, -0.05) is 0 Å². The van der Waals surface area contributed by atoms with Gasteiger partial charge in [0.15, 0.2) is 0 Å². The van der Waals surface area contributed by atoms with Crippen LogP contribution in [0.1, 0.15) is 24.1 Å². The van der Waals surface area contributed by atoms with Crippen LogP contribution < -0.4 is 5.32 Å². The van der Waals surface area contributed by atoms with Crippen LogP contribution in [0, 0.1) is 11.7 Å². The molecule has 1 N–H and O–H groups in total. The molecule has 1 fully saturated rings. The molecule has 1 aliphatic carbocycles.